The van der Waals surface area contributed by atoms with E-state index in [1.807, 2.05) is 0 Å². The molecule has 0 spiro atoms. The van der Waals surface area contributed by atoms with Crippen LogP contribution in [0.5, 0.6) is 0 Å². The van der Waals surface area contributed by atoms with Crippen molar-refractivity contribution in [2.75, 3.05) is 0 Å². The Kier molecular flexibility index (Phi) is 5.67. The molecule has 0 amide bonds. The van der Waals surface area contributed by atoms with E-state index >= 15 is 0 Å². The summed E-state index contributed by atoms with van der Waals surface area (Å²) in [7, 11) is -3.87. The fourth-order valence-electron chi connectivity index (χ4n) is 2.46. The van der Waals surface area contributed by atoms with Gasteiger partial charge in [-0.2, -0.15) is 31.8 Å². The minimum Gasteiger partial charge on any atom is -0.221 e. The number of rotatable bonds is 5. The topological polar surface area (TPSA) is 76.3 Å². The van der Waals surface area contributed by atoms with E-state index in [2.05, 4.69) is 15.0 Å². The molecular weight excluding hydrogens is 429 g/mol. The molecule has 0 aliphatic carbocycles. The van der Waals surface area contributed by atoms with Gasteiger partial charge in [0.25, 0.3) is 10.0 Å². The summed E-state index contributed by atoms with van der Waals surface area (Å²) in [5, 5.41) is 7.81. The zero-order valence-electron chi connectivity index (χ0n) is 14.9. The highest BCUT2D eigenvalue weighted by Gasteiger charge is 2.30. The number of aryl methyl sites for hydroxylation is 1. The summed E-state index contributed by atoms with van der Waals surface area (Å²) >= 11 is 6.25. The van der Waals surface area contributed by atoms with Crippen LogP contribution in [0.15, 0.2) is 64.6 Å². The number of alkyl halides is 3. The third kappa shape index (κ3) is 4.60. The molecule has 6 nitrogen and oxygen atoms in total. The molecule has 0 saturated heterocycles. The normalized spacial score (nSPS) is 12.4. The lowest BCUT2D eigenvalue weighted by atomic mass is 10.2. The SMILES string of the molecule is Cc1nn(-c2cccc(C(F)(F)F)c2)c(Cl)c1C=NNS(=O)(=O)c1ccccc1. The first kappa shape index (κ1) is 20.9. The van der Waals surface area contributed by atoms with Crippen LogP contribution < -0.4 is 4.83 Å². The van der Waals surface area contributed by atoms with E-state index in [0.717, 1.165) is 23.0 Å². The van der Waals surface area contributed by atoms with Crippen molar-refractivity contribution in [3.05, 3.63) is 76.6 Å². The Labute approximate surface area is 169 Å². The zero-order chi connectivity index (χ0) is 21.2. The number of nitrogens with zero attached hydrogens (tertiary/aromatic N) is 3. The second-order valence-corrected chi connectivity index (χ2v) is 7.93. The molecule has 0 saturated carbocycles. The molecule has 0 aliphatic heterocycles. The molecule has 0 atom stereocenters. The van der Waals surface area contributed by atoms with Crippen LogP contribution in [0.25, 0.3) is 5.69 Å². The van der Waals surface area contributed by atoms with Gasteiger partial charge in [0.15, 0.2) is 0 Å². The fraction of sp³-hybridized carbons (Fsp3) is 0.111. The molecular formula is C18H14ClF3N4O2S. The quantitative estimate of drug-likeness (QED) is 0.476. The zero-order valence-corrected chi connectivity index (χ0v) is 16.4. The van der Waals surface area contributed by atoms with Crippen LogP contribution in [0.3, 0.4) is 0 Å². The Morgan fingerprint density at radius 3 is 2.48 bits per heavy atom. The monoisotopic (exact) mass is 442 g/mol. The molecule has 29 heavy (non-hydrogen) atoms. The maximum absolute atomic E-state index is 12.9. The summed E-state index contributed by atoms with van der Waals surface area (Å²) in [5.41, 5.74) is -0.114. The van der Waals surface area contributed by atoms with Crippen LogP contribution in [-0.2, 0) is 16.2 Å². The highest BCUT2D eigenvalue weighted by atomic mass is 35.5. The second kappa shape index (κ2) is 7.88. The van der Waals surface area contributed by atoms with Crippen LogP contribution in [0, 0.1) is 6.92 Å². The molecule has 152 valence electrons. The average Bonchev–Trinajstić information content (AvgIpc) is 2.96. The van der Waals surface area contributed by atoms with E-state index in [0.29, 0.717) is 5.69 Å². The Hall–Kier alpha value is -2.85. The van der Waals surface area contributed by atoms with Crippen LogP contribution in [0.4, 0.5) is 13.2 Å². The van der Waals surface area contributed by atoms with Crippen LogP contribution in [0.1, 0.15) is 16.8 Å². The van der Waals surface area contributed by atoms with Gasteiger partial charge in [-0.1, -0.05) is 35.9 Å². The van der Waals surface area contributed by atoms with E-state index < -0.39 is 21.8 Å². The van der Waals surface area contributed by atoms with E-state index in [-0.39, 0.29) is 21.3 Å². The lowest BCUT2D eigenvalue weighted by molar-refractivity contribution is -0.137. The van der Waals surface area contributed by atoms with E-state index in [4.69, 9.17) is 11.6 Å². The van der Waals surface area contributed by atoms with Crippen molar-refractivity contribution in [2.45, 2.75) is 18.0 Å². The largest absolute Gasteiger partial charge is 0.416 e. The Bertz CT molecular complexity index is 1160. The second-order valence-electron chi connectivity index (χ2n) is 5.92. The number of hydrogen-bond acceptors (Lipinski definition) is 4. The molecule has 3 aromatic rings. The molecule has 3 rings (SSSR count). The average molecular weight is 443 g/mol. The van der Waals surface area contributed by atoms with Crippen molar-refractivity contribution in [2.24, 2.45) is 5.10 Å². The maximum atomic E-state index is 12.9. The van der Waals surface area contributed by atoms with Gasteiger partial charge in [-0.05, 0) is 37.3 Å². The van der Waals surface area contributed by atoms with Gasteiger partial charge in [0.05, 0.1) is 33.6 Å². The molecule has 1 N–H and O–H groups in total. The molecule has 0 fully saturated rings. The molecule has 1 heterocycles. The van der Waals surface area contributed by atoms with Crippen LogP contribution in [0.2, 0.25) is 5.15 Å². The number of sulfonamides is 1. The van der Waals surface area contributed by atoms with Gasteiger partial charge < -0.3 is 0 Å². The number of benzene rings is 2. The molecule has 1 aromatic heterocycles. The Balaban J connectivity index is 1.88. The van der Waals surface area contributed by atoms with E-state index in [1.165, 1.54) is 24.3 Å². The fourth-order valence-corrected chi connectivity index (χ4v) is 3.59. The van der Waals surface area contributed by atoms with Crippen molar-refractivity contribution >= 4 is 27.8 Å². The highest BCUT2D eigenvalue weighted by molar-refractivity contribution is 7.89. The predicted molar refractivity (Wildman–Crippen MR) is 103 cm³/mol. The van der Waals surface area contributed by atoms with Crippen molar-refractivity contribution < 1.29 is 21.6 Å². The summed E-state index contributed by atoms with van der Waals surface area (Å²) in [6.07, 6.45) is -3.36. The summed E-state index contributed by atoms with van der Waals surface area (Å²) in [6, 6.07) is 12.1. The lowest BCUT2D eigenvalue weighted by Crippen LogP contribution is -2.18. The molecule has 0 radical (unpaired) electrons. The highest BCUT2D eigenvalue weighted by Crippen LogP contribution is 2.31. The van der Waals surface area contributed by atoms with Gasteiger partial charge in [-0.25, -0.2) is 9.51 Å². The van der Waals surface area contributed by atoms with Gasteiger partial charge in [-0.3, -0.25) is 0 Å². The van der Waals surface area contributed by atoms with E-state index in [9.17, 15) is 21.6 Å². The molecule has 2 aromatic carbocycles. The van der Waals surface area contributed by atoms with Gasteiger partial charge in [0.2, 0.25) is 0 Å². The molecule has 0 unspecified atom stereocenters. The summed E-state index contributed by atoms with van der Waals surface area (Å²) < 4.78 is 64.3. The number of hydrazone groups is 1. The Morgan fingerprint density at radius 1 is 1.14 bits per heavy atom. The number of halogens is 4. The molecule has 0 bridgehead atoms. The standard InChI is InChI=1S/C18H14ClF3N4O2S/c1-12-16(11-23-25-29(27,28)15-8-3-2-4-9-15)17(19)26(24-12)14-7-5-6-13(10-14)18(20,21)22/h2-11,25H,1H3. The lowest BCUT2D eigenvalue weighted by Gasteiger charge is -2.09. The summed E-state index contributed by atoms with van der Waals surface area (Å²) in [5.74, 6) is 0. The third-order valence-electron chi connectivity index (χ3n) is 3.89. The predicted octanol–water partition coefficient (Wildman–Crippen LogP) is 4.17. The minimum absolute atomic E-state index is 0.00974. The smallest absolute Gasteiger partial charge is 0.221 e. The number of aromatic nitrogens is 2. The minimum atomic E-state index is -4.51. The van der Waals surface area contributed by atoms with Gasteiger partial charge in [-0.15, -0.1) is 0 Å². The first-order valence-corrected chi connectivity index (χ1v) is 9.98. The van der Waals surface area contributed by atoms with Gasteiger partial charge in [0, 0.05) is 0 Å². The maximum Gasteiger partial charge on any atom is 0.416 e. The molecule has 11 heteroatoms. The number of hydrogen-bond donors (Lipinski definition) is 1. The van der Waals surface area contributed by atoms with Crippen molar-refractivity contribution in [1.82, 2.24) is 14.6 Å². The third-order valence-corrected chi connectivity index (χ3v) is 5.49. The first-order chi connectivity index (χ1) is 13.6. The van der Waals surface area contributed by atoms with Crippen molar-refractivity contribution in [1.29, 1.82) is 0 Å². The summed E-state index contributed by atoms with van der Waals surface area (Å²) in [6.45, 7) is 1.57. The van der Waals surface area contributed by atoms with Crippen molar-refractivity contribution in [3.63, 3.8) is 0 Å². The van der Waals surface area contributed by atoms with Crippen LogP contribution >= 0.6 is 11.6 Å². The van der Waals surface area contributed by atoms with Crippen molar-refractivity contribution in [3.8, 4) is 5.69 Å². The number of nitrogens with one attached hydrogen (secondary N) is 1. The van der Waals surface area contributed by atoms with Gasteiger partial charge >= 0.3 is 6.18 Å². The van der Waals surface area contributed by atoms with Crippen LogP contribution in [-0.4, -0.2) is 24.4 Å². The first-order valence-electron chi connectivity index (χ1n) is 8.12. The van der Waals surface area contributed by atoms with E-state index in [1.54, 1.807) is 25.1 Å². The summed E-state index contributed by atoms with van der Waals surface area (Å²) in [4.78, 5) is 2.08. The molecule has 0 aliphatic rings. The Morgan fingerprint density at radius 2 is 1.83 bits per heavy atom. The van der Waals surface area contributed by atoms with Gasteiger partial charge in [0.1, 0.15) is 5.15 Å².